The first kappa shape index (κ1) is 15.1. The van der Waals surface area contributed by atoms with Crippen LogP contribution in [0.1, 0.15) is 11.4 Å². The van der Waals surface area contributed by atoms with Crippen LogP contribution in [0.25, 0.3) is 10.8 Å². The molecule has 5 nitrogen and oxygen atoms in total. The normalized spacial score (nSPS) is 10.7. The number of carbonyl (C=O) groups excluding carboxylic acids is 1. The number of fused-ring (bicyclic) bond motifs is 1. The lowest BCUT2D eigenvalue weighted by atomic mass is 10.1. The molecule has 0 radical (unpaired) electrons. The van der Waals surface area contributed by atoms with Crippen LogP contribution in [0.15, 0.2) is 48.5 Å². The van der Waals surface area contributed by atoms with Gasteiger partial charge in [-0.25, -0.2) is 0 Å². The van der Waals surface area contributed by atoms with Gasteiger partial charge in [-0.15, -0.1) is 0 Å². The minimum atomic E-state index is -0.156. The Morgan fingerprint density at radius 2 is 1.96 bits per heavy atom. The number of amides is 1. The van der Waals surface area contributed by atoms with Crippen LogP contribution in [-0.4, -0.2) is 22.3 Å². The van der Waals surface area contributed by atoms with Gasteiger partial charge in [0.1, 0.15) is 5.75 Å². The molecule has 0 saturated heterocycles. The van der Waals surface area contributed by atoms with Gasteiger partial charge in [-0.05, 0) is 35.9 Å². The zero-order valence-corrected chi connectivity index (χ0v) is 13.2. The highest BCUT2D eigenvalue weighted by atomic mass is 16.5. The monoisotopic (exact) mass is 309 g/mol. The summed E-state index contributed by atoms with van der Waals surface area (Å²) in [4.78, 5) is 11.9. The maximum atomic E-state index is 11.9. The minimum absolute atomic E-state index is 0.00479. The second kappa shape index (κ2) is 6.52. The van der Waals surface area contributed by atoms with Crippen LogP contribution in [-0.2, 0) is 18.4 Å². The van der Waals surface area contributed by atoms with E-state index in [9.17, 15) is 4.79 Å². The predicted octanol–water partition coefficient (Wildman–Crippen LogP) is 2.58. The fourth-order valence-electron chi connectivity index (χ4n) is 2.48. The van der Waals surface area contributed by atoms with Crippen molar-refractivity contribution in [2.24, 2.45) is 7.05 Å². The van der Waals surface area contributed by atoms with E-state index in [1.807, 2.05) is 62.5 Å². The molecule has 3 rings (SSSR count). The molecule has 0 aliphatic carbocycles. The third-order valence-corrected chi connectivity index (χ3v) is 3.66. The third kappa shape index (κ3) is 3.69. The zero-order chi connectivity index (χ0) is 16.2. The van der Waals surface area contributed by atoms with Crippen molar-refractivity contribution in [2.75, 3.05) is 6.61 Å². The lowest BCUT2D eigenvalue weighted by molar-refractivity contribution is -0.123. The molecular weight excluding hydrogens is 290 g/mol. The van der Waals surface area contributed by atoms with Crippen LogP contribution in [0.5, 0.6) is 5.75 Å². The number of nitrogens with one attached hydrogen (secondary N) is 1. The molecule has 0 fully saturated rings. The van der Waals surface area contributed by atoms with E-state index in [1.165, 1.54) is 0 Å². The van der Waals surface area contributed by atoms with Crippen LogP contribution in [0.2, 0.25) is 0 Å². The van der Waals surface area contributed by atoms with E-state index in [4.69, 9.17) is 4.74 Å². The van der Waals surface area contributed by atoms with E-state index in [2.05, 4.69) is 10.4 Å². The Kier molecular flexibility index (Phi) is 4.28. The van der Waals surface area contributed by atoms with Crippen molar-refractivity contribution in [3.05, 3.63) is 59.9 Å². The maximum absolute atomic E-state index is 11.9. The smallest absolute Gasteiger partial charge is 0.258 e. The van der Waals surface area contributed by atoms with Gasteiger partial charge in [0, 0.05) is 7.05 Å². The summed E-state index contributed by atoms with van der Waals surface area (Å²) in [5, 5.41) is 9.32. The maximum Gasteiger partial charge on any atom is 0.258 e. The van der Waals surface area contributed by atoms with Crippen LogP contribution >= 0.6 is 0 Å². The highest BCUT2D eigenvalue weighted by Crippen LogP contribution is 2.20. The number of aromatic nitrogens is 2. The van der Waals surface area contributed by atoms with Crippen molar-refractivity contribution in [3.63, 3.8) is 0 Å². The van der Waals surface area contributed by atoms with E-state index in [0.29, 0.717) is 12.3 Å². The van der Waals surface area contributed by atoms with E-state index in [-0.39, 0.29) is 12.5 Å². The van der Waals surface area contributed by atoms with Crippen molar-refractivity contribution in [1.29, 1.82) is 0 Å². The summed E-state index contributed by atoms with van der Waals surface area (Å²) < 4.78 is 7.33. The number of hydrogen-bond acceptors (Lipinski definition) is 3. The van der Waals surface area contributed by atoms with E-state index in [1.54, 1.807) is 4.68 Å². The molecule has 0 saturated carbocycles. The van der Waals surface area contributed by atoms with Gasteiger partial charge in [0.25, 0.3) is 5.91 Å². The van der Waals surface area contributed by atoms with Gasteiger partial charge in [0.2, 0.25) is 0 Å². The number of benzene rings is 2. The van der Waals surface area contributed by atoms with Gasteiger partial charge in [-0.1, -0.05) is 30.3 Å². The first-order chi connectivity index (χ1) is 11.1. The van der Waals surface area contributed by atoms with Gasteiger partial charge in [0.05, 0.1) is 17.9 Å². The Hall–Kier alpha value is -2.82. The third-order valence-electron chi connectivity index (χ3n) is 3.66. The largest absolute Gasteiger partial charge is 0.484 e. The highest BCUT2D eigenvalue weighted by Gasteiger charge is 2.06. The van der Waals surface area contributed by atoms with Gasteiger partial charge in [-0.2, -0.15) is 5.10 Å². The van der Waals surface area contributed by atoms with Crippen molar-refractivity contribution in [1.82, 2.24) is 15.1 Å². The summed E-state index contributed by atoms with van der Waals surface area (Å²) in [5.41, 5.74) is 1.89. The highest BCUT2D eigenvalue weighted by molar-refractivity contribution is 5.84. The summed E-state index contributed by atoms with van der Waals surface area (Å²) >= 11 is 0. The average Bonchev–Trinajstić information content (AvgIpc) is 2.88. The molecule has 5 heteroatoms. The number of nitrogens with zero attached hydrogens (tertiary/aromatic N) is 2. The molecule has 23 heavy (non-hydrogen) atoms. The summed E-state index contributed by atoms with van der Waals surface area (Å²) in [7, 11) is 1.86. The van der Waals surface area contributed by atoms with E-state index in [0.717, 1.165) is 22.2 Å². The SMILES string of the molecule is Cc1cc(CNC(=O)COc2ccc3ccccc3c2)n(C)n1. The van der Waals surface area contributed by atoms with Crippen LogP contribution in [0.4, 0.5) is 0 Å². The lowest BCUT2D eigenvalue weighted by Gasteiger charge is -2.08. The predicted molar refractivity (Wildman–Crippen MR) is 89.2 cm³/mol. The van der Waals surface area contributed by atoms with Crippen LogP contribution < -0.4 is 10.1 Å². The fraction of sp³-hybridized carbons (Fsp3) is 0.222. The average molecular weight is 309 g/mol. The van der Waals surface area contributed by atoms with Crippen molar-refractivity contribution >= 4 is 16.7 Å². The molecule has 0 unspecified atom stereocenters. The van der Waals surface area contributed by atoms with E-state index >= 15 is 0 Å². The van der Waals surface area contributed by atoms with Crippen molar-refractivity contribution in [3.8, 4) is 5.75 Å². The molecule has 0 atom stereocenters. The molecule has 1 heterocycles. The van der Waals surface area contributed by atoms with Crippen molar-refractivity contribution < 1.29 is 9.53 Å². The quantitative estimate of drug-likeness (QED) is 0.788. The summed E-state index contributed by atoms with van der Waals surface area (Å²) in [6.45, 7) is 2.36. The number of hydrogen-bond donors (Lipinski definition) is 1. The number of ether oxygens (including phenoxy) is 1. The van der Waals surface area contributed by atoms with Gasteiger partial charge >= 0.3 is 0 Å². The molecule has 1 amide bonds. The zero-order valence-electron chi connectivity index (χ0n) is 13.2. The molecule has 0 spiro atoms. The second-order valence-corrected chi connectivity index (χ2v) is 5.48. The topological polar surface area (TPSA) is 56.1 Å². The Labute approximate surface area is 134 Å². The summed E-state index contributed by atoms with van der Waals surface area (Å²) in [5.74, 6) is 0.534. The fourth-order valence-corrected chi connectivity index (χ4v) is 2.48. The Bertz CT molecular complexity index is 839. The molecule has 2 aromatic carbocycles. The van der Waals surface area contributed by atoms with Gasteiger partial charge in [0.15, 0.2) is 6.61 Å². The molecule has 118 valence electrons. The molecule has 0 aliphatic rings. The second-order valence-electron chi connectivity index (χ2n) is 5.48. The van der Waals surface area contributed by atoms with Gasteiger partial charge < -0.3 is 10.1 Å². The summed E-state index contributed by atoms with van der Waals surface area (Å²) in [6, 6.07) is 15.8. The molecule has 0 aliphatic heterocycles. The summed E-state index contributed by atoms with van der Waals surface area (Å²) in [6.07, 6.45) is 0. The Morgan fingerprint density at radius 1 is 1.17 bits per heavy atom. The first-order valence-corrected chi connectivity index (χ1v) is 7.49. The molecule has 0 bridgehead atoms. The lowest BCUT2D eigenvalue weighted by Crippen LogP contribution is -2.29. The van der Waals surface area contributed by atoms with Crippen LogP contribution in [0.3, 0.4) is 0 Å². The van der Waals surface area contributed by atoms with Gasteiger partial charge in [-0.3, -0.25) is 9.48 Å². The minimum Gasteiger partial charge on any atom is -0.484 e. The number of aryl methyl sites for hydroxylation is 2. The molecule has 1 aromatic heterocycles. The Balaban J connectivity index is 1.54. The standard InChI is InChI=1S/C18H19N3O2/c1-13-9-16(21(2)20-13)11-19-18(22)12-23-17-8-7-14-5-3-4-6-15(14)10-17/h3-10H,11-12H2,1-2H3,(H,19,22). The molecule has 3 aromatic rings. The number of rotatable bonds is 5. The van der Waals surface area contributed by atoms with Crippen LogP contribution in [0, 0.1) is 6.92 Å². The van der Waals surface area contributed by atoms with E-state index < -0.39 is 0 Å². The molecular formula is C18H19N3O2. The number of carbonyl (C=O) groups is 1. The first-order valence-electron chi connectivity index (χ1n) is 7.49. The molecule has 1 N–H and O–H groups in total. The van der Waals surface area contributed by atoms with Crippen molar-refractivity contribution in [2.45, 2.75) is 13.5 Å². The Morgan fingerprint density at radius 3 is 2.70 bits per heavy atom.